The predicted octanol–water partition coefficient (Wildman–Crippen LogP) is 2.85. The Hall–Kier alpha value is -0.970. The van der Waals surface area contributed by atoms with E-state index in [4.69, 9.17) is 4.74 Å². The predicted molar refractivity (Wildman–Crippen MR) is 86.3 cm³/mol. The number of hydrogen-bond donors (Lipinski definition) is 2. The molecule has 1 rings (SSSR count). The number of pyridine rings is 1. The van der Waals surface area contributed by atoms with Crippen LogP contribution in [-0.4, -0.2) is 34.9 Å². The average Bonchev–Trinajstić information content (AvgIpc) is 2.37. The smallest absolute Gasteiger partial charge is 0.0898 e. The number of rotatable bonds is 7. The second-order valence-electron chi connectivity index (χ2n) is 6.91. The van der Waals surface area contributed by atoms with Gasteiger partial charge in [-0.25, -0.2) is 0 Å². The molecule has 120 valence electrons. The van der Waals surface area contributed by atoms with E-state index in [0.29, 0.717) is 19.1 Å². The molecule has 0 saturated heterocycles. The van der Waals surface area contributed by atoms with E-state index in [-0.39, 0.29) is 11.6 Å². The van der Waals surface area contributed by atoms with Crippen LogP contribution in [0.4, 0.5) is 0 Å². The molecule has 1 heterocycles. The Labute approximate surface area is 128 Å². The molecule has 0 aromatic carbocycles. The zero-order chi connectivity index (χ0) is 16.0. The maximum Gasteiger partial charge on any atom is 0.0898 e. The number of nitrogens with one attached hydrogen (secondary N) is 1. The van der Waals surface area contributed by atoms with Crippen molar-refractivity contribution in [1.29, 1.82) is 0 Å². The van der Waals surface area contributed by atoms with Gasteiger partial charge in [0.2, 0.25) is 0 Å². The van der Waals surface area contributed by atoms with Crippen LogP contribution in [0, 0.1) is 12.8 Å². The summed E-state index contributed by atoms with van der Waals surface area (Å²) in [7, 11) is 0. The molecule has 0 aliphatic carbocycles. The maximum atomic E-state index is 10.1. The molecular weight excluding hydrogens is 264 g/mol. The van der Waals surface area contributed by atoms with E-state index in [1.54, 1.807) is 0 Å². The normalized spacial score (nSPS) is 15.2. The molecule has 2 N–H and O–H groups in total. The first kappa shape index (κ1) is 18.1. The van der Waals surface area contributed by atoms with Crippen LogP contribution in [0.15, 0.2) is 18.3 Å². The van der Waals surface area contributed by atoms with Crippen molar-refractivity contribution in [1.82, 2.24) is 10.3 Å². The van der Waals surface area contributed by atoms with Crippen molar-refractivity contribution in [2.24, 2.45) is 5.92 Å². The van der Waals surface area contributed by atoms with E-state index in [9.17, 15) is 5.11 Å². The second kappa shape index (κ2) is 7.87. The van der Waals surface area contributed by atoms with E-state index in [0.717, 1.165) is 5.69 Å². The molecule has 0 bridgehead atoms. The summed E-state index contributed by atoms with van der Waals surface area (Å²) >= 11 is 0. The minimum absolute atomic E-state index is 0.135. The largest absolute Gasteiger partial charge is 0.389 e. The SMILES string of the molecule is Cc1cccnc1C(NCC(O)COC(C)(C)C)C(C)C. The second-order valence-corrected chi connectivity index (χ2v) is 6.91. The van der Waals surface area contributed by atoms with Crippen molar-refractivity contribution < 1.29 is 9.84 Å². The van der Waals surface area contributed by atoms with Crippen molar-refractivity contribution in [2.75, 3.05) is 13.2 Å². The van der Waals surface area contributed by atoms with Crippen LogP contribution in [0.3, 0.4) is 0 Å². The number of aryl methyl sites for hydroxylation is 1. The highest BCUT2D eigenvalue weighted by molar-refractivity contribution is 5.21. The van der Waals surface area contributed by atoms with E-state index in [1.807, 2.05) is 33.0 Å². The van der Waals surface area contributed by atoms with E-state index >= 15 is 0 Å². The number of aliphatic hydroxyl groups excluding tert-OH is 1. The van der Waals surface area contributed by atoms with Gasteiger partial charge < -0.3 is 15.2 Å². The monoisotopic (exact) mass is 294 g/mol. The summed E-state index contributed by atoms with van der Waals surface area (Å²) in [5, 5.41) is 13.5. The van der Waals surface area contributed by atoms with Gasteiger partial charge in [-0.1, -0.05) is 19.9 Å². The van der Waals surface area contributed by atoms with Gasteiger partial charge in [-0.2, -0.15) is 0 Å². The van der Waals surface area contributed by atoms with Gasteiger partial charge in [-0.15, -0.1) is 0 Å². The quantitative estimate of drug-likeness (QED) is 0.812. The van der Waals surface area contributed by atoms with Crippen LogP contribution >= 0.6 is 0 Å². The number of hydrogen-bond acceptors (Lipinski definition) is 4. The van der Waals surface area contributed by atoms with Crippen LogP contribution in [0.1, 0.15) is 51.9 Å². The lowest BCUT2D eigenvalue weighted by Gasteiger charge is -2.26. The van der Waals surface area contributed by atoms with Crippen LogP contribution in [0.5, 0.6) is 0 Å². The summed E-state index contributed by atoms with van der Waals surface area (Å²) in [4.78, 5) is 4.49. The van der Waals surface area contributed by atoms with Crippen molar-refractivity contribution in [2.45, 2.75) is 59.3 Å². The van der Waals surface area contributed by atoms with Gasteiger partial charge in [0, 0.05) is 12.7 Å². The lowest BCUT2D eigenvalue weighted by Crippen LogP contribution is -2.37. The van der Waals surface area contributed by atoms with Gasteiger partial charge in [0.15, 0.2) is 0 Å². The minimum Gasteiger partial charge on any atom is -0.389 e. The molecule has 0 amide bonds. The first-order chi connectivity index (χ1) is 9.70. The molecule has 21 heavy (non-hydrogen) atoms. The van der Waals surface area contributed by atoms with E-state index < -0.39 is 6.10 Å². The fraction of sp³-hybridized carbons (Fsp3) is 0.706. The average molecular weight is 294 g/mol. The lowest BCUT2D eigenvalue weighted by molar-refractivity contribution is -0.0486. The Morgan fingerprint density at radius 1 is 1.33 bits per heavy atom. The molecule has 0 saturated carbocycles. The summed E-state index contributed by atoms with van der Waals surface area (Å²) in [6.07, 6.45) is 1.30. The summed E-state index contributed by atoms with van der Waals surface area (Å²) in [6.45, 7) is 13.2. The van der Waals surface area contributed by atoms with Gasteiger partial charge in [0.1, 0.15) is 0 Å². The Kier molecular flexibility index (Phi) is 6.78. The number of aromatic nitrogens is 1. The molecule has 2 unspecified atom stereocenters. The molecule has 0 spiro atoms. The molecule has 0 fully saturated rings. The highest BCUT2D eigenvalue weighted by Gasteiger charge is 2.20. The van der Waals surface area contributed by atoms with Gasteiger partial charge in [0.25, 0.3) is 0 Å². The summed E-state index contributed by atoms with van der Waals surface area (Å²) in [5.41, 5.74) is 2.00. The zero-order valence-electron chi connectivity index (χ0n) is 14.2. The molecule has 0 radical (unpaired) electrons. The molecule has 1 aromatic heterocycles. The molecular formula is C17H30N2O2. The molecule has 0 aliphatic rings. The molecule has 0 aliphatic heterocycles. The van der Waals surface area contributed by atoms with Crippen molar-refractivity contribution >= 4 is 0 Å². The van der Waals surface area contributed by atoms with Crippen LogP contribution in [-0.2, 0) is 4.74 Å². The van der Waals surface area contributed by atoms with Gasteiger partial charge in [-0.3, -0.25) is 4.98 Å². The number of nitrogens with zero attached hydrogens (tertiary/aromatic N) is 1. The molecule has 2 atom stereocenters. The summed E-state index contributed by atoms with van der Waals surface area (Å²) < 4.78 is 5.61. The van der Waals surface area contributed by atoms with Gasteiger partial charge in [0.05, 0.1) is 30.0 Å². The standard InChI is InChI=1S/C17H30N2O2/c1-12(2)15(16-13(3)8-7-9-18-16)19-10-14(20)11-21-17(4,5)6/h7-9,12,14-15,19-20H,10-11H2,1-6H3. The Bertz CT molecular complexity index is 427. The van der Waals surface area contributed by atoms with Crippen LogP contribution in [0.2, 0.25) is 0 Å². The van der Waals surface area contributed by atoms with Gasteiger partial charge in [-0.05, 0) is 45.2 Å². The highest BCUT2D eigenvalue weighted by Crippen LogP contribution is 2.22. The summed E-state index contributed by atoms with van der Waals surface area (Å²) in [6, 6.07) is 4.15. The first-order valence-electron chi connectivity index (χ1n) is 7.67. The minimum atomic E-state index is -0.519. The highest BCUT2D eigenvalue weighted by atomic mass is 16.5. The zero-order valence-corrected chi connectivity index (χ0v) is 14.2. The van der Waals surface area contributed by atoms with Gasteiger partial charge >= 0.3 is 0 Å². The third-order valence-corrected chi connectivity index (χ3v) is 3.29. The van der Waals surface area contributed by atoms with Crippen molar-refractivity contribution in [3.63, 3.8) is 0 Å². The Balaban J connectivity index is 2.59. The fourth-order valence-corrected chi connectivity index (χ4v) is 2.14. The Morgan fingerprint density at radius 3 is 2.52 bits per heavy atom. The topological polar surface area (TPSA) is 54.4 Å². The first-order valence-corrected chi connectivity index (χ1v) is 7.67. The van der Waals surface area contributed by atoms with Crippen LogP contribution in [0.25, 0.3) is 0 Å². The van der Waals surface area contributed by atoms with Crippen molar-refractivity contribution in [3.8, 4) is 0 Å². The molecule has 4 nitrogen and oxygen atoms in total. The molecule has 4 heteroatoms. The summed E-state index contributed by atoms with van der Waals surface area (Å²) in [5.74, 6) is 0.398. The third kappa shape index (κ3) is 6.55. The fourth-order valence-electron chi connectivity index (χ4n) is 2.14. The lowest BCUT2D eigenvalue weighted by atomic mass is 9.97. The number of aliphatic hydroxyl groups is 1. The maximum absolute atomic E-state index is 10.1. The van der Waals surface area contributed by atoms with E-state index in [2.05, 4.69) is 37.1 Å². The Morgan fingerprint density at radius 2 is 2.00 bits per heavy atom. The van der Waals surface area contributed by atoms with Crippen LogP contribution < -0.4 is 5.32 Å². The van der Waals surface area contributed by atoms with Crippen molar-refractivity contribution in [3.05, 3.63) is 29.6 Å². The van der Waals surface area contributed by atoms with E-state index in [1.165, 1.54) is 5.56 Å². The molecule has 1 aromatic rings. The number of ether oxygens (including phenoxy) is 1. The third-order valence-electron chi connectivity index (χ3n) is 3.29.